The van der Waals surface area contributed by atoms with E-state index in [9.17, 15) is 9.90 Å². The fraction of sp³-hybridized carbons (Fsp3) is 0.533. The van der Waals surface area contributed by atoms with Crippen molar-refractivity contribution in [2.24, 2.45) is 5.41 Å². The fourth-order valence-electron chi connectivity index (χ4n) is 2.43. The number of benzene rings is 1. The highest BCUT2D eigenvalue weighted by molar-refractivity contribution is 5.74. The van der Waals surface area contributed by atoms with Gasteiger partial charge in [0.2, 0.25) is 0 Å². The molecule has 0 bridgehead atoms. The third-order valence-corrected chi connectivity index (χ3v) is 3.83. The predicted octanol–water partition coefficient (Wildman–Crippen LogP) is 2.17. The highest BCUT2D eigenvalue weighted by Gasteiger charge is 2.40. The third-order valence-electron chi connectivity index (χ3n) is 3.83. The number of hydrogen-bond acceptors (Lipinski definition) is 3. The quantitative estimate of drug-likeness (QED) is 0.884. The van der Waals surface area contributed by atoms with Crippen LogP contribution < -0.4 is 4.74 Å². The molecule has 1 aliphatic heterocycles. The Hall–Kier alpha value is -1.55. The van der Waals surface area contributed by atoms with Gasteiger partial charge in [0.25, 0.3) is 0 Å². The molecule has 0 radical (unpaired) electrons. The van der Waals surface area contributed by atoms with Crippen molar-refractivity contribution in [2.75, 3.05) is 26.2 Å². The van der Waals surface area contributed by atoms with Crippen molar-refractivity contribution in [2.45, 2.75) is 20.3 Å². The maximum Gasteiger partial charge on any atom is 0.310 e. The number of carboxylic acids is 1. The number of para-hydroxylation sites is 1. The minimum Gasteiger partial charge on any atom is -0.492 e. The first-order valence-electron chi connectivity index (χ1n) is 6.65. The van der Waals surface area contributed by atoms with Gasteiger partial charge in [0, 0.05) is 13.1 Å². The van der Waals surface area contributed by atoms with Crippen molar-refractivity contribution in [1.82, 2.24) is 4.90 Å². The zero-order valence-electron chi connectivity index (χ0n) is 11.6. The number of likely N-dealkylation sites (tertiary alicyclic amines) is 1. The molecule has 19 heavy (non-hydrogen) atoms. The van der Waals surface area contributed by atoms with Crippen LogP contribution in [0, 0.1) is 12.3 Å². The molecule has 0 aromatic heterocycles. The first-order valence-corrected chi connectivity index (χ1v) is 6.65. The normalized spacial score (nSPS) is 23.5. The molecule has 1 heterocycles. The van der Waals surface area contributed by atoms with Gasteiger partial charge in [0.1, 0.15) is 12.4 Å². The zero-order chi connectivity index (χ0) is 13.9. The van der Waals surface area contributed by atoms with Crippen LogP contribution in [0.15, 0.2) is 24.3 Å². The maximum atomic E-state index is 11.2. The van der Waals surface area contributed by atoms with Crippen LogP contribution in [0.5, 0.6) is 5.75 Å². The summed E-state index contributed by atoms with van der Waals surface area (Å²) in [6, 6.07) is 7.92. The Kier molecular flexibility index (Phi) is 4.10. The molecule has 0 spiro atoms. The summed E-state index contributed by atoms with van der Waals surface area (Å²) in [7, 11) is 0. The van der Waals surface area contributed by atoms with Crippen molar-refractivity contribution in [3.05, 3.63) is 29.8 Å². The Balaban J connectivity index is 1.79. The molecule has 2 rings (SSSR count). The van der Waals surface area contributed by atoms with Gasteiger partial charge in [-0.15, -0.1) is 0 Å². The Labute approximate surface area is 114 Å². The number of carboxylic acid groups (broad SMARTS) is 1. The average Bonchev–Trinajstić information content (AvgIpc) is 2.75. The summed E-state index contributed by atoms with van der Waals surface area (Å²) >= 11 is 0. The zero-order valence-corrected chi connectivity index (χ0v) is 11.6. The molecule has 0 amide bonds. The highest BCUT2D eigenvalue weighted by atomic mass is 16.5. The van der Waals surface area contributed by atoms with Gasteiger partial charge in [-0.25, -0.2) is 0 Å². The van der Waals surface area contributed by atoms with E-state index in [1.54, 1.807) is 0 Å². The van der Waals surface area contributed by atoms with Gasteiger partial charge in [0.05, 0.1) is 5.41 Å². The number of hydrogen-bond donors (Lipinski definition) is 1. The van der Waals surface area contributed by atoms with Crippen LogP contribution in [-0.2, 0) is 4.79 Å². The number of rotatable bonds is 5. The molecule has 1 fully saturated rings. The molecule has 1 saturated heterocycles. The van der Waals surface area contributed by atoms with Gasteiger partial charge < -0.3 is 9.84 Å². The highest BCUT2D eigenvalue weighted by Crippen LogP contribution is 2.29. The van der Waals surface area contributed by atoms with E-state index in [-0.39, 0.29) is 0 Å². The lowest BCUT2D eigenvalue weighted by Crippen LogP contribution is -2.33. The molecule has 1 aliphatic rings. The van der Waals surface area contributed by atoms with Crippen LogP contribution in [0.25, 0.3) is 0 Å². The Morgan fingerprint density at radius 2 is 2.21 bits per heavy atom. The van der Waals surface area contributed by atoms with Crippen molar-refractivity contribution >= 4 is 5.97 Å². The second-order valence-electron chi connectivity index (χ2n) is 5.51. The first kappa shape index (κ1) is 13.9. The number of ether oxygens (including phenoxy) is 1. The minimum atomic E-state index is -0.699. The monoisotopic (exact) mass is 263 g/mol. The molecule has 1 atom stereocenters. The molecule has 0 saturated carbocycles. The lowest BCUT2D eigenvalue weighted by atomic mass is 9.90. The lowest BCUT2D eigenvalue weighted by molar-refractivity contribution is -0.147. The number of aliphatic carboxylic acids is 1. The van der Waals surface area contributed by atoms with E-state index in [0.29, 0.717) is 19.6 Å². The summed E-state index contributed by atoms with van der Waals surface area (Å²) < 4.78 is 5.74. The van der Waals surface area contributed by atoms with Gasteiger partial charge in [-0.2, -0.15) is 0 Å². The first-order chi connectivity index (χ1) is 9.01. The summed E-state index contributed by atoms with van der Waals surface area (Å²) in [5.74, 6) is 0.206. The second kappa shape index (κ2) is 5.61. The van der Waals surface area contributed by atoms with Gasteiger partial charge in [0.15, 0.2) is 0 Å². The SMILES string of the molecule is Cc1ccccc1OCCN1CCC(C)(C(=O)O)C1. The minimum absolute atomic E-state index is 0.595. The Bertz CT molecular complexity index is 460. The molecule has 0 aliphatic carbocycles. The summed E-state index contributed by atoms with van der Waals surface area (Å²) in [6.07, 6.45) is 0.715. The summed E-state index contributed by atoms with van der Waals surface area (Å²) in [4.78, 5) is 13.3. The molecule has 1 unspecified atom stereocenters. The van der Waals surface area contributed by atoms with Crippen LogP contribution in [0.4, 0.5) is 0 Å². The van der Waals surface area contributed by atoms with E-state index >= 15 is 0 Å². The van der Waals surface area contributed by atoms with E-state index in [4.69, 9.17) is 4.74 Å². The topological polar surface area (TPSA) is 49.8 Å². The van der Waals surface area contributed by atoms with Gasteiger partial charge in [-0.1, -0.05) is 18.2 Å². The van der Waals surface area contributed by atoms with Crippen LogP contribution >= 0.6 is 0 Å². The summed E-state index contributed by atoms with van der Waals surface area (Å²) in [6.45, 7) is 6.65. The van der Waals surface area contributed by atoms with Crippen molar-refractivity contribution in [3.63, 3.8) is 0 Å². The summed E-state index contributed by atoms with van der Waals surface area (Å²) in [5, 5.41) is 9.17. The smallest absolute Gasteiger partial charge is 0.310 e. The molecular formula is C15H21NO3. The van der Waals surface area contributed by atoms with Crippen molar-refractivity contribution in [1.29, 1.82) is 0 Å². The van der Waals surface area contributed by atoms with Crippen LogP contribution in [0.1, 0.15) is 18.9 Å². The molecule has 4 nitrogen and oxygen atoms in total. The number of carbonyl (C=O) groups is 1. The van der Waals surface area contributed by atoms with Crippen molar-refractivity contribution in [3.8, 4) is 5.75 Å². The number of aryl methyl sites for hydroxylation is 1. The molecule has 104 valence electrons. The van der Waals surface area contributed by atoms with E-state index in [2.05, 4.69) is 4.90 Å². The van der Waals surface area contributed by atoms with Crippen LogP contribution in [0.3, 0.4) is 0 Å². The standard InChI is InChI=1S/C15H21NO3/c1-12-5-3-4-6-13(12)19-10-9-16-8-7-15(2,11-16)14(17)18/h3-6H,7-11H2,1-2H3,(H,17,18). The maximum absolute atomic E-state index is 11.2. The summed E-state index contributed by atoms with van der Waals surface area (Å²) in [5.41, 5.74) is 0.530. The van der Waals surface area contributed by atoms with Crippen LogP contribution in [0.2, 0.25) is 0 Å². The molecular weight excluding hydrogens is 242 g/mol. The van der Waals surface area contributed by atoms with E-state index in [1.807, 2.05) is 38.1 Å². The molecule has 1 aromatic rings. The van der Waals surface area contributed by atoms with E-state index < -0.39 is 11.4 Å². The molecule has 4 heteroatoms. The fourth-order valence-corrected chi connectivity index (χ4v) is 2.43. The van der Waals surface area contributed by atoms with Gasteiger partial charge in [-0.05, 0) is 38.4 Å². The number of nitrogens with zero attached hydrogens (tertiary/aromatic N) is 1. The Morgan fingerprint density at radius 1 is 1.47 bits per heavy atom. The molecule has 1 aromatic carbocycles. The third kappa shape index (κ3) is 3.26. The lowest BCUT2D eigenvalue weighted by Gasteiger charge is -2.20. The van der Waals surface area contributed by atoms with Crippen LogP contribution in [-0.4, -0.2) is 42.2 Å². The van der Waals surface area contributed by atoms with Gasteiger partial charge in [-0.3, -0.25) is 9.69 Å². The average molecular weight is 263 g/mol. The Morgan fingerprint density at radius 3 is 2.84 bits per heavy atom. The van der Waals surface area contributed by atoms with E-state index in [0.717, 1.165) is 24.4 Å². The molecule has 1 N–H and O–H groups in total. The van der Waals surface area contributed by atoms with E-state index in [1.165, 1.54) is 0 Å². The largest absolute Gasteiger partial charge is 0.492 e. The second-order valence-corrected chi connectivity index (χ2v) is 5.51. The predicted molar refractivity (Wildman–Crippen MR) is 73.5 cm³/mol. The van der Waals surface area contributed by atoms with Gasteiger partial charge >= 0.3 is 5.97 Å². The van der Waals surface area contributed by atoms with Crippen molar-refractivity contribution < 1.29 is 14.6 Å².